The lowest BCUT2D eigenvalue weighted by atomic mass is 10.1. The fourth-order valence-electron chi connectivity index (χ4n) is 2.55. The average Bonchev–Trinajstić information content (AvgIpc) is 2.57. The molecule has 0 radical (unpaired) electrons. The molecule has 0 spiro atoms. The smallest absolute Gasteiger partial charge is 0.184 e. The van der Waals surface area contributed by atoms with Crippen LogP contribution in [0.4, 0.5) is 0 Å². The highest BCUT2D eigenvalue weighted by Crippen LogP contribution is 2.32. The van der Waals surface area contributed by atoms with Crippen LogP contribution in [0.3, 0.4) is 0 Å². The molecular formula is C13H17Cl2NO2S. The van der Waals surface area contributed by atoms with Crippen molar-refractivity contribution in [2.75, 3.05) is 0 Å². The summed E-state index contributed by atoms with van der Waals surface area (Å²) in [6, 6.07) is 4.17. The summed E-state index contributed by atoms with van der Waals surface area (Å²) in [6.07, 6.45) is 4.23. The van der Waals surface area contributed by atoms with Gasteiger partial charge in [0.05, 0.1) is 15.2 Å². The summed E-state index contributed by atoms with van der Waals surface area (Å²) in [5.41, 5.74) is 6.04. The predicted molar refractivity (Wildman–Crippen MR) is 78.5 cm³/mol. The summed E-state index contributed by atoms with van der Waals surface area (Å²) >= 11 is 11.9. The van der Waals surface area contributed by atoms with E-state index in [0.717, 1.165) is 25.7 Å². The summed E-state index contributed by atoms with van der Waals surface area (Å²) in [5.74, 6) is 0. The van der Waals surface area contributed by atoms with Crippen molar-refractivity contribution in [1.82, 2.24) is 0 Å². The van der Waals surface area contributed by atoms with Gasteiger partial charge in [-0.15, -0.1) is 0 Å². The van der Waals surface area contributed by atoms with E-state index in [4.69, 9.17) is 28.9 Å². The quantitative estimate of drug-likeness (QED) is 0.849. The van der Waals surface area contributed by atoms with Crippen LogP contribution in [0.1, 0.15) is 32.1 Å². The largest absolute Gasteiger partial charge is 0.327 e. The normalized spacial score (nSPS) is 25.0. The third-order valence-electron chi connectivity index (χ3n) is 3.60. The molecule has 2 rings (SSSR count). The Hall–Kier alpha value is -0.290. The van der Waals surface area contributed by atoms with Crippen LogP contribution in [0, 0.1) is 0 Å². The summed E-state index contributed by atoms with van der Waals surface area (Å²) in [7, 11) is -3.53. The van der Waals surface area contributed by atoms with E-state index in [2.05, 4.69) is 0 Å². The highest BCUT2D eigenvalue weighted by molar-refractivity contribution is 7.92. The fourth-order valence-corrected chi connectivity index (χ4v) is 5.25. The molecule has 1 aliphatic rings. The maximum Gasteiger partial charge on any atom is 0.184 e. The first-order valence-electron chi connectivity index (χ1n) is 6.37. The molecule has 1 aromatic rings. The topological polar surface area (TPSA) is 60.2 Å². The average molecular weight is 322 g/mol. The number of nitrogens with two attached hydrogens (primary N) is 1. The van der Waals surface area contributed by atoms with Crippen LogP contribution in [0.5, 0.6) is 0 Å². The van der Waals surface area contributed by atoms with Crippen LogP contribution in [0.2, 0.25) is 10.0 Å². The van der Waals surface area contributed by atoms with Crippen LogP contribution in [-0.2, 0) is 9.84 Å². The van der Waals surface area contributed by atoms with E-state index in [9.17, 15) is 8.42 Å². The van der Waals surface area contributed by atoms with Crippen molar-refractivity contribution in [2.45, 2.75) is 48.3 Å². The first-order valence-corrected chi connectivity index (χ1v) is 8.67. The van der Waals surface area contributed by atoms with Gasteiger partial charge in [0.1, 0.15) is 0 Å². The molecule has 0 aliphatic heterocycles. The Balaban J connectivity index is 2.43. The van der Waals surface area contributed by atoms with Crippen molar-refractivity contribution < 1.29 is 8.42 Å². The predicted octanol–water partition coefficient (Wildman–Crippen LogP) is 3.43. The molecule has 2 unspecified atom stereocenters. The van der Waals surface area contributed by atoms with Crippen LogP contribution in [0.15, 0.2) is 23.1 Å². The second kappa shape index (κ2) is 6.00. The molecule has 1 aliphatic carbocycles. The third kappa shape index (κ3) is 3.24. The minimum atomic E-state index is -3.53. The molecule has 0 heterocycles. The van der Waals surface area contributed by atoms with E-state index in [1.54, 1.807) is 6.07 Å². The number of hydrogen-bond donors (Lipinski definition) is 1. The first kappa shape index (κ1) is 15.1. The van der Waals surface area contributed by atoms with Gasteiger partial charge >= 0.3 is 0 Å². The number of hydrogen-bond acceptors (Lipinski definition) is 3. The van der Waals surface area contributed by atoms with Crippen molar-refractivity contribution >= 4 is 33.0 Å². The highest BCUT2D eigenvalue weighted by atomic mass is 35.5. The monoisotopic (exact) mass is 321 g/mol. The Morgan fingerprint density at radius 1 is 1.11 bits per heavy atom. The van der Waals surface area contributed by atoms with Crippen LogP contribution < -0.4 is 5.73 Å². The molecule has 1 aromatic carbocycles. The standard InChI is InChI=1S/C13H17Cl2NO2S/c14-9-6-7-10(15)13(8-9)19(17,18)12-5-3-1-2-4-11(12)16/h6-8,11-12H,1-5,16H2. The molecule has 19 heavy (non-hydrogen) atoms. The van der Waals surface area contributed by atoms with E-state index in [-0.39, 0.29) is 16.0 Å². The summed E-state index contributed by atoms with van der Waals surface area (Å²) in [4.78, 5) is 0.101. The van der Waals surface area contributed by atoms with Gasteiger partial charge in [-0.1, -0.05) is 42.5 Å². The summed E-state index contributed by atoms with van der Waals surface area (Å²) in [5, 5.41) is 0.0111. The molecule has 0 bridgehead atoms. The van der Waals surface area contributed by atoms with E-state index in [1.807, 2.05) is 0 Å². The molecule has 1 saturated carbocycles. The van der Waals surface area contributed by atoms with Crippen LogP contribution in [0.25, 0.3) is 0 Å². The second-order valence-corrected chi connectivity index (χ2v) is 7.94. The van der Waals surface area contributed by atoms with Crippen molar-refractivity contribution in [1.29, 1.82) is 0 Å². The van der Waals surface area contributed by atoms with E-state index >= 15 is 0 Å². The SMILES string of the molecule is NC1CCCCCC1S(=O)(=O)c1cc(Cl)ccc1Cl. The van der Waals surface area contributed by atoms with Gasteiger partial charge in [0.2, 0.25) is 0 Å². The van der Waals surface area contributed by atoms with Crippen molar-refractivity contribution in [3.05, 3.63) is 28.2 Å². The van der Waals surface area contributed by atoms with Gasteiger partial charge in [-0.2, -0.15) is 0 Å². The van der Waals surface area contributed by atoms with Gasteiger partial charge in [0, 0.05) is 11.1 Å². The van der Waals surface area contributed by atoms with E-state index < -0.39 is 15.1 Å². The number of halogens is 2. The summed E-state index contributed by atoms with van der Waals surface area (Å²) < 4.78 is 25.4. The lowest BCUT2D eigenvalue weighted by molar-refractivity contribution is 0.531. The molecule has 0 saturated heterocycles. The molecule has 106 valence electrons. The van der Waals surface area contributed by atoms with Crippen LogP contribution >= 0.6 is 23.2 Å². The molecule has 2 atom stereocenters. The van der Waals surface area contributed by atoms with Crippen molar-refractivity contribution in [3.63, 3.8) is 0 Å². The van der Waals surface area contributed by atoms with E-state index in [0.29, 0.717) is 11.4 Å². The Labute approximate surface area is 124 Å². The maximum absolute atomic E-state index is 12.7. The van der Waals surface area contributed by atoms with Crippen molar-refractivity contribution in [2.24, 2.45) is 5.73 Å². The van der Waals surface area contributed by atoms with Gasteiger partial charge in [0.15, 0.2) is 9.84 Å². The lowest BCUT2D eigenvalue weighted by Gasteiger charge is -2.22. The zero-order valence-electron chi connectivity index (χ0n) is 10.5. The van der Waals surface area contributed by atoms with E-state index in [1.165, 1.54) is 12.1 Å². The molecule has 6 heteroatoms. The van der Waals surface area contributed by atoms with Gasteiger partial charge in [-0.05, 0) is 31.0 Å². The summed E-state index contributed by atoms with van der Waals surface area (Å²) in [6.45, 7) is 0. The first-order chi connectivity index (χ1) is 8.93. The van der Waals surface area contributed by atoms with Gasteiger partial charge < -0.3 is 5.73 Å². The fraction of sp³-hybridized carbons (Fsp3) is 0.538. The zero-order valence-corrected chi connectivity index (χ0v) is 12.8. The van der Waals surface area contributed by atoms with Crippen LogP contribution in [-0.4, -0.2) is 19.7 Å². The number of sulfone groups is 1. The number of rotatable bonds is 2. The minimum absolute atomic E-state index is 0.101. The molecule has 3 nitrogen and oxygen atoms in total. The highest BCUT2D eigenvalue weighted by Gasteiger charge is 2.34. The minimum Gasteiger partial charge on any atom is -0.327 e. The Morgan fingerprint density at radius 2 is 1.79 bits per heavy atom. The third-order valence-corrected chi connectivity index (χ3v) is 6.61. The molecule has 0 aromatic heterocycles. The zero-order chi connectivity index (χ0) is 14.0. The molecule has 1 fully saturated rings. The molecule has 2 N–H and O–H groups in total. The number of benzene rings is 1. The Kier molecular flexibility index (Phi) is 4.77. The van der Waals surface area contributed by atoms with Gasteiger partial charge in [-0.25, -0.2) is 8.42 Å². The molecule has 0 amide bonds. The van der Waals surface area contributed by atoms with Gasteiger partial charge in [0.25, 0.3) is 0 Å². The Morgan fingerprint density at radius 3 is 2.53 bits per heavy atom. The van der Waals surface area contributed by atoms with Gasteiger partial charge in [-0.3, -0.25) is 0 Å². The van der Waals surface area contributed by atoms with Crippen molar-refractivity contribution in [3.8, 4) is 0 Å². The second-order valence-electron chi connectivity index (χ2n) is 4.96. The lowest BCUT2D eigenvalue weighted by Crippen LogP contribution is -2.39. The maximum atomic E-state index is 12.7. The molecular weight excluding hydrogens is 305 g/mol. The Bertz CT molecular complexity index is 560.